The molecule has 6 heteroatoms. The Hall–Kier alpha value is -2.01. The minimum absolute atomic E-state index is 0.455. The number of hydrogen-bond acceptors (Lipinski definition) is 1. The smallest absolute Gasteiger partial charge is 0.306 e. The van der Waals surface area contributed by atoms with Gasteiger partial charge in [-0.1, -0.05) is 23.7 Å². The molecule has 3 rings (SSSR count). The summed E-state index contributed by atoms with van der Waals surface area (Å²) in [5.41, 5.74) is 1.51. The fourth-order valence-corrected chi connectivity index (χ4v) is 2.35. The maximum absolute atomic E-state index is 12.5. The molecule has 0 unspecified atom stereocenters. The minimum atomic E-state index is -4.31. The zero-order chi connectivity index (χ0) is 15.0. The molecule has 3 aromatic rings. The summed E-state index contributed by atoms with van der Waals surface area (Å²) in [5, 5.41) is 0.538. The van der Waals surface area contributed by atoms with Crippen LogP contribution in [0.2, 0.25) is 5.02 Å². The van der Waals surface area contributed by atoms with Gasteiger partial charge in [0.1, 0.15) is 0 Å². The van der Waals surface area contributed by atoms with Crippen LogP contribution in [-0.4, -0.2) is 9.38 Å². The summed E-state index contributed by atoms with van der Waals surface area (Å²) in [4.78, 5) is 4.39. The van der Waals surface area contributed by atoms with Crippen LogP contribution >= 0.6 is 11.6 Å². The van der Waals surface area contributed by atoms with Crippen molar-refractivity contribution in [3.05, 3.63) is 70.6 Å². The van der Waals surface area contributed by atoms with Gasteiger partial charge in [-0.3, -0.25) is 0 Å². The van der Waals surface area contributed by atoms with Crippen LogP contribution in [0.5, 0.6) is 0 Å². The first-order chi connectivity index (χ1) is 9.93. The fourth-order valence-electron chi connectivity index (χ4n) is 2.14. The molecule has 0 aliphatic rings. The Balaban J connectivity index is 1.87. The largest absolute Gasteiger partial charge is 0.416 e. The molecule has 0 amide bonds. The summed E-state index contributed by atoms with van der Waals surface area (Å²) >= 11 is 6.04. The molecule has 0 fully saturated rings. The zero-order valence-corrected chi connectivity index (χ0v) is 11.5. The molecule has 108 valence electrons. The minimum Gasteiger partial charge on any atom is -0.306 e. The number of halogens is 4. The van der Waals surface area contributed by atoms with Gasteiger partial charge < -0.3 is 4.40 Å². The highest BCUT2D eigenvalue weighted by molar-refractivity contribution is 6.33. The lowest BCUT2D eigenvalue weighted by Gasteiger charge is -2.06. The van der Waals surface area contributed by atoms with Gasteiger partial charge in [-0.05, 0) is 29.8 Å². The molecule has 0 spiro atoms. The van der Waals surface area contributed by atoms with E-state index in [0.29, 0.717) is 17.1 Å². The van der Waals surface area contributed by atoms with Gasteiger partial charge in [-0.2, -0.15) is 13.2 Å². The number of benzene rings is 1. The fraction of sp³-hybridized carbons (Fsp3) is 0.133. The van der Waals surface area contributed by atoms with Crippen LogP contribution < -0.4 is 0 Å². The molecular formula is C15H10ClF3N2. The summed E-state index contributed by atoms with van der Waals surface area (Å²) in [5.74, 6) is 0. The van der Waals surface area contributed by atoms with E-state index in [1.165, 1.54) is 12.1 Å². The van der Waals surface area contributed by atoms with Crippen molar-refractivity contribution in [1.82, 2.24) is 9.38 Å². The number of aromatic nitrogens is 2. The highest BCUT2D eigenvalue weighted by atomic mass is 35.5. The van der Waals surface area contributed by atoms with Gasteiger partial charge in [0.15, 0.2) is 5.65 Å². The molecule has 21 heavy (non-hydrogen) atoms. The summed E-state index contributed by atoms with van der Waals surface area (Å²) in [6, 6.07) is 8.64. The molecule has 2 nitrogen and oxygen atoms in total. The Morgan fingerprint density at radius 1 is 1.10 bits per heavy atom. The second-order valence-corrected chi connectivity index (χ2v) is 5.10. The number of fused-ring (bicyclic) bond motifs is 1. The molecule has 0 saturated carbocycles. The topological polar surface area (TPSA) is 17.3 Å². The molecule has 0 aliphatic carbocycles. The second-order valence-electron chi connectivity index (χ2n) is 4.69. The first kappa shape index (κ1) is 13.9. The van der Waals surface area contributed by atoms with Crippen molar-refractivity contribution < 1.29 is 13.2 Å². The van der Waals surface area contributed by atoms with Crippen LogP contribution in [0.1, 0.15) is 16.8 Å². The standard InChI is InChI=1S/C15H10ClF3N2/c16-13-2-1-7-21-9-12(20-14(13)21)8-10-3-5-11(6-4-10)15(17,18)19/h1-7,9H,8H2. The molecular weight excluding hydrogens is 301 g/mol. The lowest BCUT2D eigenvalue weighted by molar-refractivity contribution is -0.137. The number of alkyl halides is 3. The van der Waals surface area contributed by atoms with Crippen molar-refractivity contribution in [3.63, 3.8) is 0 Å². The summed E-state index contributed by atoms with van der Waals surface area (Å²) < 4.78 is 39.3. The third-order valence-corrected chi connectivity index (χ3v) is 3.45. The van der Waals surface area contributed by atoms with Crippen molar-refractivity contribution in [1.29, 1.82) is 0 Å². The van der Waals surface area contributed by atoms with E-state index in [0.717, 1.165) is 23.4 Å². The highest BCUT2D eigenvalue weighted by Crippen LogP contribution is 2.29. The van der Waals surface area contributed by atoms with E-state index >= 15 is 0 Å². The van der Waals surface area contributed by atoms with Crippen LogP contribution in [-0.2, 0) is 12.6 Å². The van der Waals surface area contributed by atoms with E-state index in [1.54, 1.807) is 16.5 Å². The van der Waals surface area contributed by atoms with Gasteiger partial charge in [-0.15, -0.1) is 0 Å². The Morgan fingerprint density at radius 3 is 2.43 bits per heavy atom. The second kappa shape index (κ2) is 5.07. The number of imidazole rings is 1. The molecule has 0 atom stereocenters. The van der Waals surface area contributed by atoms with Gasteiger partial charge in [-0.25, -0.2) is 4.98 Å². The van der Waals surface area contributed by atoms with Crippen molar-refractivity contribution in [2.45, 2.75) is 12.6 Å². The summed E-state index contributed by atoms with van der Waals surface area (Å²) in [7, 11) is 0. The molecule has 0 aliphatic heterocycles. The predicted molar refractivity (Wildman–Crippen MR) is 74.5 cm³/mol. The average Bonchev–Trinajstić information content (AvgIpc) is 2.82. The maximum atomic E-state index is 12.5. The summed E-state index contributed by atoms with van der Waals surface area (Å²) in [6.45, 7) is 0. The normalized spacial score (nSPS) is 12.0. The Bertz CT molecular complexity index is 776. The van der Waals surface area contributed by atoms with Gasteiger partial charge in [0.25, 0.3) is 0 Å². The van der Waals surface area contributed by atoms with E-state index in [9.17, 15) is 13.2 Å². The lowest BCUT2D eigenvalue weighted by atomic mass is 10.1. The third-order valence-electron chi connectivity index (χ3n) is 3.15. The lowest BCUT2D eigenvalue weighted by Crippen LogP contribution is -2.04. The van der Waals surface area contributed by atoms with Crippen molar-refractivity contribution in [3.8, 4) is 0 Å². The third kappa shape index (κ3) is 2.88. The van der Waals surface area contributed by atoms with E-state index in [1.807, 2.05) is 12.4 Å². The Morgan fingerprint density at radius 2 is 1.81 bits per heavy atom. The van der Waals surface area contributed by atoms with Crippen LogP contribution in [0.15, 0.2) is 48.8 Å². The van der Waals surface area contributed by atoms with E-state index < -0.39 is 11.7 Å². The van der Waals surface area contributed by atoms with Crippen LogP contribution in [0.25, 0.3) is 5.65 Å². The number of pyridine rings is 1. The van der Waals surface area contributed by atoms with Gasteiger partial charge in [0.05, 0.1) is 16.3 Å². The highest BCUT2D eigenvalue weighted by Gasteiger charge is 2.29. The summed E-state index contributed by atoms with van der Waals surface area (Å²) in [6.07, 6.45) is -0.214. The molecule has 0 saturated heterocycles. The number of rotatable bonds is 2. The predicted octanol–water partition coefficient (Wildman–Crippen LogP) is 4.60. The van der Waals surface area contributed by atoms with E-state index in [-0.39, 0.29) is 0 Å². The first-order valence-corrected chi connectivity index (χ1v) is 6.59. The van der Waals surface area contributed by atoms with Crippen LogP contribution in [0, 0.1) is 0 Å². The van der Waals surface area contributed by atoms with Gasteiger partial charge in [0, 0.05) is 18.8 Å². The molecule has 2 heterocycles. The molecule has 0 N–H and O–H groups in total. The monoisotopic (exact) mass is 310 g/mol. The number of hydrogen-bond donors (Lipinski definition) is 0. The Kier molecular flexibility index (Phi) is 3.37. The van der Waals surface area contributed by atoms with Crippen molar-refractivity contribution >= 4 is 17.2 Å². The molecule has 1 aromatic carbocycles. The molecule has 0 radical (unpaired) electrons. The number of nitrogens with zero attached hydrogens (tertiary/aromatic N) is 2. The van der Waals surface area contributed by atoms with Crippen LogP contribution in [0.4, 0.5) is 13.2 Å². The van der Waals surface area contributed by atoms with Gasteiger partial charge in [0.2, 0.25) is 0 Å². The maximum Gasteiger partial charge on any atom is 0.416 e. The van der Waals surface area contributed by atoms with Crippen LogP contribution in [0.3, 0.4) is 0 Å². The van der Waals surface area contributed by atoms with E-state index in [2.05, 4.69) is 4.98 Å². The SMILES string of the molecule is FC(F)(F)c1ccc(Cc2cn3cccc(Cl)c3n2)cc1. The molecule has 2 aromatic heterocycles. The van der Waals surface area contributed by atoms with Gasteiger partial charge >= 0.3 is 6.18 Å². The first-order valence-electron chi connectivity index (χ1n) is 6.22. The Labute approximate surface area is 123 Å². The average molecular weight is 311 g/mol. The zero-order valence-electron chi connectivity index (χ0n) is 10.7. The quantitative estimate of drug-likeness (QED) is 0.676. The van der Waals surface area contributed by atoms with E-state index in [4.69, 9.17) is 11.6 Å². The van der Waals surface area contributed by atoms with Crippen molar-refractivity contribution in [2.75, 3.05) is 0 Å². The van der Waals surface area contributed by atoms with Crippen molar-refractivity contribution in [2.24, 2.45) is 0 Å². The molecule has 0 bridgehead atoms.